The minimum atomic E-state index is -0.553. The van der Waals surface area contributed by atoms with Gasteiger partial charge in [0.15, 0.2) is 0 Å². The van der Waals surface area contributed by atoms with Gasteiger partial charge in [0, 0.05) is 25.3 Å². The number of hydrogen-bond acceptors (Lipinski definition) is 4. The number of hydrogen-bond donors (Lipinski definition) is 1. The number of rotatable bonds is 4. The third kappa shape index (κ3) is 3.02. The average molecular weight is 285 g/mol. The summed E-state index contributed by atoms with van der Waals surface area (Å²) in [5.41, 5.74) is 0.109. The topological polar surface area (TPSA) is 81.5 Å². The summed E-state index contributed by atoms with van der Waals surface area (Å²) in [5, 5.41) is 13.5. The molecule has 1 aliphatic rings. The van der Waals surface area contributed by atoms with Crippen LogP contribution in [0.5, 0.6) is 0 Å². The van der Waals surface area contributed by atoms with Gasteiger partial charge in [0.1, 0.15) is 0 Å². The number of nitrogens with zero attached hydrogens (tertiary/aromatic N) is 1. The molecule has 102 valence electrons. The molecule has 0 saturated heterocycles. The number of benzene rings is 1. The lowest BCUT2D eigenvalue weighted by atomic mass is 9.89. The predicted molar refractivity (Wildman–Crippen MR) is 69.4 cm³/mol. The molecule has 0 aliphatic heterocycles. The van der Waals surface area contributed by atoms with Crippen molar-refractivity contribution in [3.8, 4) is 0 Å². The highest BCUT2D eigenvalue weighted by Crippen LogP contribution is 2.25. The lowest BCUT2D eigenvalue weighted by Crippen LogP contribution is -2.47. The summed E-state index contributed by atoms with van der Waals surface area (Å²) < 4.78 is 5.12. The zero-order valence-electron chi connectivity index (χ0n) is 10.3. The van der Waals surface area contributed by atoms with Crippen LogP contribution in [0.3, 0.4) is 0 Å². The molecule has 0 spiro atoms. The molecule has 7 heteroatoms. The molecule has 1 fully saturated rings. The van der Waals surface area contributed by atoms with E-state index in [-0.39, 0.29) is 34.3 Å². The van der Waals surface area contributed by atoms with Gasteiger partial charge in [-0.15, -0.1) is 0 Å². The number of nitrogens with one attached hydrogen (secondary N) is 1. The van der Waals surface area contributed by atoms with Gasteiger partial charge in [-0.3, -0.25) is 14.9 Å². The average Bonchev–Trinajstić information content (AvgIpc) is 2.32. The number of ether oxygens (including phenoxy) is 1. The molecule has 0 aromatic heterocycles. The Bertz CT molecular complexity index is 514. The van der Waals surface area contributed by atoms with Crippen molar-refractivity contribution in [3.63, 3.8) is 0 Å². The second kappa shape index (κ2) is 5.54. The Kier molecular flexibility index (Phi) is 4.01. The van der Waals surface area contributed by atoms with E-state index >= 15 is 0 Å². The SMILES string of the molecule is COC1CC(NC(=O)c2ccc([N+](=O)[O-])cc2Cl)C1. The van der Waals surface area contributed by atoms with Crippen LogP contribution in [0.4, 0.5) is 5.69 Å². The fraction of sp³-hybridized carbons (Fsp3) is 0.417. The summed E-state index contributed by atoms with van der Waals surface area (Å²) in [6.07, 6.45) is 1.73. The molecule has 1 aromatic rings. The number of nitro benzene ring substituents is 1. The van der Waals surface area contributed by atoms with Crippen molar-refractivity contribution in [2.75, 3.05) is 7.11 Å². The van der Waals surface area contributed by atoms with Crippen molar-refractivity contribution >= 4 is 23.2 Å². The van der Waals surface area contributed by atoms with Crippen LogP contribution in [0.2, 0.25) is 5.02 Å². The highest BCUT2D eigenvalue weighted by molar-refractivity contribution is 6.34. The normalized spacial score (nSPS) is 21.6. The molecule has 0 atom stereocenters. The molecule has 0 heterocycles. The molecule has 6 nitrogen and oxygen atoms in total. The van der Waals surface area contributed by atoms with Gasteiger partial charge in [0.25, 0.3) is 11.6 Å². The van der Waals surface area contributed by atoms with Crippen molar-refractivity contribution in [1.29, 1.82) is 0 Å². The fourth-order valence-electron chi connectivity index (χ4n) is 1.94. The number of amides is 1. The standard InChI is InChI=1S/C12H13ClN2O4/c1-19-9-4-7(5-9)14-12(16)10-3-2-8(15(17)18)6-11(10)13/h2-3,6-7,9H,4-5H2,1H3,(H,14,16). The van der Waals surface area contributed by atoms with Crippen molar-refractivity contribution in [3.05, 3.63) is 38.9 Å². The first-order chi connectivity index (χ1) is 9.01. The Morgan fingerprint density at radius 1 is 1.53 bits per heavy atom. The zero-order chi connectivity index (χ0) is 14.0. The predicted octanol–water partition coefficient (Wildman–Crippen LogP) is 2.16. The Balaban J connectivity index is 2.02. The van der Waals surface area contributed by atoms with Crippen LogP contribution < -0.4 is 5.32 Å². The molecule has 1 saturated carbocycles. The number of nitro groups is 1. The quantitative estimate of drug-likeness (QED) is 0.678. The minimum Gasteiger partial charge on any atom is -0.381 e. The maximum Gasteiger partial charge on any atom is 0.270 e. The Morgan fingerprint density at radius 2 is 2.21 bits per heavy atom. The molecule has 0 unspecified atom stereocenters. The van der Waals surface area contributed by atoms with Gasteiger partial charge in [-0.1, -0.05) is 11.6 Å². The first kappa shape index (κ1) is 13.8. The van der Waals surface area contributed by atoms with E-state index in [9.17, 15) is 14.9 Å². The molecule has 1 aromatic carbocycles. The van der Waals surface area contributed by atoms with Gasteiger partial charge < -0.3 is 10.1 Å². The molecular formula is C12H13ClN2O4. The number of carbonyl (C=O) groups is 1. The van der Waals surface area contributed by atoms with Crippen LogP contribution in [-0.4, -0.2) is 30.1 Å². The lowest BCUT2D eigenvalue weighted by molar-refractivity contribution is -0.384. The summed E-state index contributed by atoms with van der Waals surface area (Å²) in [4.78, 5) is 22.0. The van der Waals surface area contributed by atoms with Gasteiger partial charge in [0.05, 0.1) is 21.6 Å². The summed E-state index contributed by atoms with van der Waals surface area (Å²) in [5.74, 6) is -0.320. The van der Waals surface area contributed by atoms with Gasteiger partial charge in [-0.25, -0.2) is 0 Å². The molecule has 1 N–H and O–H groups in total. The third-order valence-corrected chi connectivity index (χ3v) is 3.48. The summed E-state index contributed by atoms with van der Waals surface area (Å²) in [7, 11) is 1.63. The van der Waals surface area contributed by atoms with Crippen LogP contribution in [-0.2, 0) is 4.74 Å². The highest BCUT2D eigenvalue weighted by atomic mass is 35.5. The van der Waals surface area contributed by atoms with E-state index < -0.39 is 4.92 Å². The van der Waals surface area contributed by atoms with Crippen molar-refractivity contribution in [1.82, 2.24) is 5.32 Å². The molecule has 1 aliphatic carbocycles. The Labute approximate surface area is 114 Å². The van der Waals surface area contributed by atoms with E-state index in [1.165, 1.54) is 18.2 Å². The molecule has 1 amide bonds. The number of halogens is 1. The van der Waals surface area contributed by atoms with Crippen LogP contribution in [0.1, 0.15) is 23.2 Å². The number of carbonyl (C=O) groups excluding carboxylic acids is 1. The second-order valence-electron chi connectivity index (χ2n) is 4.42. The van der Waals surface area contributed by atoms with Crippen molar-refractivity contribution < 1.29 is 14.5 Å². The van der Waals surface area contributed by atoms with E-state index in [0.717, 1.165) is 12.8 Å². The molecule has 0 radical (unpaired) electrons. The summed E-state index contributed by atoms with van der Waals surface area (Å²) >= 11 is 5.88. The van der Waals surface area contributed by atoms with Crippen LogP contribution >= 0.6 is 11.6 Å². The van der Waals surface area contributed by atoms with Gasteiger partial charge >= 0.3 is 0 Å². The molecular weight excluding hydrogens is 272 g/mol. The third-order valence-electron chi connectivity index (χ3n) is 3.17. The first-order valence-corrected chi connectivity index (χ1v) is 6.16. The van der Waals surface area contributed by atoms with Gasteiger partial charge in [-0.2, -0.15) is 0 Å². The van der Waals surface area contributed by atoms with Crippen LogP contribution in [0.15, 0.2) is 18.2 Å². The minimum absolute atomic E-state index is 0.0729. The van der Waals surface area contributed by atoms with Crippen molar-refractivity contribution in [2.45, 2.75) is 25.0 Å². The number of non-ortho nitro benzene ring substituents is 1. The Hall–Kier alpha value is -1.66. The lowest BCUT2D eigenvalue weighted by Gasteiger charge is -2.34. The van der Waals surface area contributed by atoms with E-state index in [1.54, 1.807) is 7.11 Å². The van der Waals surface area contributed by atoms with E-state index in [4.69, 9.17) is 16.3 Å². The largest absolute Gasteiger partial charge is 0.381 e. The van der Waals surface area contributed by atoms with Crippen LogP contribution in [0.25, 0.3) is 0 Å². The summed E-state index contributed by atoms with van der Waals surface area (Å²) in [6, 6.07) is 3.88. The van der Waals surface area contributed by atoms with Gasteiger partial charge in [0.2, 0.25) is 0 Å². The van der Waals surface area contributed by atoms with E-state index in [0.29, 0.717) is 0 Å². The van der Waals surface area contributed by atoms with Crippen LogP contribution in [0, 0.1) is 10.1 Å². The maximum absolute atomic E-state index is 11.9. The van der Waals surface area contributed by atoms with Gasteiger partial charge in [-0.05, 0) is 18.9 Å². The monoisotopic (exact) mass is 284 g/mol. The zero-order valence-corrected chi connectivity index (χ0v) is 11.0. The second-order valence-corrected chi connectivity index (χ2v) is 4.83. The van der Waals surface area contributed by atoms with E-state index in [1.807, 2.05) is 0 Å². The molecule has 0 bridgehead atoms. The van der Waals surface area contributed by atoms with E-state index in [2.05, 4.69) is 5.32 Å². The number of methoxy groups -OCH3 is 1. The molecule has 19 heavy (non-hydrogen) atoms. The van der Waals surface area contributed by atoms with Crippen molar-refractivity contribution in [2.24, 2.45) is 0 Å². The smallest absolute Gasteiger partial charge is 0.270 e. The first-order valence-electron chi connectivity index (χ1n) is 5.79. The Morgan fingerprint density at radius 3 is 2.74 bits per heavy atom. The summed E-state index contributed by atoms with van der Waals surface area (Å²) in [6.45, 7) is 0. The molecule has 2 rings (SSSR count). The highest BCUT2D eigenvalue weighted by Gasteiger charge is 2.30. The maximum atomic E-state index is 11.9. The fourth-order valence-corrected chi connectivity index (χ4v) is 2.20.